The molecule has 10 heteroatoms. The molecule has 0 radical (unpaired) electrons. The van der Waals surface area contributed by atoms with Gasteiger partial charge in [0.05, 0.1) is 28.7 Å². The summed E-state index contributed by atoms with van der Waals surface area (Å²) in [6.45, 7) is 2.15. The summed E-state index contributed by atoms with van der Waals surface area (Å²) >= 11 is 0. The van der Waals surface area contributed by atoms with Crippen LogP contribution in [0.1, 0.15) is 88.9 Å². The number of benzene rings is 1. The van der Waals surface area contributed by atoms with Crippen molar-refractivity contribution in [1.29, 1.82) is 0 Å². The number of aromatic nitrogens is 2. The van der Waals surface area contributed by atoms with Gasteiger partial charge in [-0.15, -0.1) is 0 Å². The monoisotopic (exact) mass is 488 g/mol. The van der Waals surface area contributed by atoms with E-state index in [9.17, 15) is 25.0 Å². The third kappa shape index (κ3) is 9.11. The summed E-state index contributed by atoms with van der Waals surface area (Å²) in [5, 5.41) is 27.5. The molecule has 0 aliphatic rings. The topological polar surface area (TPSA) is 130 Å². The molecule has 10 nitrogen and oxygen atoms in total. The van der Waals surface area contributed by atoms with Crippen molar-refractivity contribution in [2.24, 2.45) is 0 Å². The number of carbonyl (C=O) groups is 1. The van der Waals surface area contributed by atoms with E-state index >= 15 is 0 Å². The average Bonchev–Trinajstić information content (AvgIpc) is 3.25. The van der Waals surface area contributed by atoms with Crippen molar-refractivity contribution in [2.75, 3.05) is 7.11 Å². The van der Waals surface area contributed by atoms with E-state index in [1.807, 2.05) is 6.07 Å². The number of nitro benzene ring substituents is 2. The molecule has 35 heavy (non-hydrogen) atoms. The molecule has 2 rings (SSSR count). The molecule has 0 N–H and O–H groups in total. The summed E-state index contributed by atoms with van der Waals surface area (Å²) in [4.78, 5) is 32.7. The molecular formula is C25H36N4O6. The molecule has 0 saturated heterocycles. The minimum Gasteiger partial charge on any atom is -0.469 e. The van der Waals surface area contributed by atoms with Crippen LogP contribution < -0.4 is 0 Å². The highest BCUT2D eigenvalue weighted by molar-refractivity contribution is 5.68. The first-order valence-corrected chi connectivity index (χ1v) is 12.4. The second kappa shape index (κ2) is 14.9. The molecule has 0 saturated carbocycles. The smallest absolute Gasteiger partial charge is 0.305 e. The van der Waals surface area contributed by atoms with Crippen molar-refractivity contribution < 1.29 is 19.4 Å². The number of non-ortho nitro benzene ring substituents is 1. The van der Waals surface area contributed by atoms with E-state index in [-0.39, 0.29) is 23.0 Å². The van der Waals surface area contributed by atoms with Gasteiger partial charge >= 0.3 is 11.7 Å². The average molecular weight is 489 g/mol. The largest absolute Gasteiger partial charge is 0.469 e. The standard InChI is InChI=1S/C25H36N4O6/c1-3-4-5-10-13-20-18-21(14-11-8-6-7-9-12-15-25(30)35-2)27(26-20)23-17-16-22(28(31)32)19-24(23)29(33)34/h16-19H,3-15H2,1-2H3. The minimum absolute atomic E-state index is 0.177. The normalized spacial score (nSPS) is 10.9. The van der Waals surface area contributed by atoms with Gasteiger partial charge in [0, 0.05) is 18.2 Å². The number of methoxy groups -OCH3 is 1. The number of ether oxygens (including phenoxy) is 1. The zero-order valence-electron chi connectivity index (χ0n) is 20.7. The van der Waals surface area contributed by atoms with Gasteiger partial charge in [-0.2, -0.15) is 5.10 Å². The Morgan fingerprint density at radius 1 is 0.914 bits per heavy atom. The van der Waals surface area contributed by atoms with Crippen LogP contribution in [-0.4, -0.2) is 32.7 Å². The zero-order chi connectivity index (χ0) is 25.6. The summed E-state index contributed by atoms with van der Waals surface area (Å²) in [5.74, 6) is -0.177. The molecule has 2 aromatic rings. The Balaban J connectivity index is 2.09. The minimum atomic E-state index is -0.634. The lowest BCUT2D eigenvalue weighted by atomic mass is 10.1. The lowest BCUT2D eigenvalue weighted by molar-refractivity contribution is -0.394. The SMILES string of the molecule is CCCCCCc1cc(CCCCCCCCC(=O)OC)n(-c2ccc([N+](=O)[O-])cc2[N+](=O)[O-])n1. The third-order valence-electron chi connectivity index (χ3n) is 6.01. The first-order valence-electron chi connectivity index (χ1n) is 12.4. The lowest BCUT2D eigenvalue weighted by Crippen LogP contribution is -2.07. The maximum absolute atomic E-state index is 11.7. The summed E-state index contributed by atoms with van der Waals surface area (Å²) in [6.07, 6.45) is 12.1. The number of nitrogens with zero attached hydrogens (tertiary/aromatic N) is 4. The molecule has 0 bridgehead atoms. The molecule has 1 aromatic heterocycles. The maximum atomic E-state index is 11.7. The van der Waals surface area contributed by atoms with E-state index < -0.39 is 9.85 Å². The van der Waals surface area contributed by atoms with Crippen LogP contribution in [0.5, 0.6) is 0 Å². The number of unbranched alkanes of at least 4 members (excludes halogenated alkanes) is 8. The lowest BCUT2D eigenvalue weighted by Gasteiger charge is -2.08. The third-order valence-corrected chi connectivity index (χ3v) is 6.01. The molecule has 0 spiro atoms. The fourth-order valence-corrected chi connectivity index (χ4v) is 4.05. The molecule has 0 amide bonds. The van der Waals surface area contributed by atoms with E-state index in [4.69, 9.17) is 0 Å². The van der Waals surface area contributed by atoms with Crippen molar-refractivity contribution >= 4 is 17.3 Å². The second-order valence-corrected chi connectivity index (χ2v) is 8.73. The van der Waals surface area contributed by atoms with Gasteiger partial charge in [-0.3, -0.25) is 25.0 Å². The fraction of sp³-hybridized carbons (Fsp3) is 0.600. The van der Waals surface area contributed by atoms with Crippen LogP contribution in [0, 0.1) is 20.2 Å². The predicted molar refractivity (Wildman–Crippen MR) is 133 cm³/mol. The van der Waals surface area contributed by atoms with Gasteiger partial charge in [-0.1, -0.05) is 51.9 Å². The van der Waals surface area contributed by atoms with Gasteiger partial charge in [0.25, 0.3) is 5.69 Å². The Kier molecular flexibility index (Phi) is 11.9. The Bertz CT molecular complexity index is 988. The van der Waals surface area contributed by atoms with E-state index in [2.05, 4.69) is 16.8 Å². The van der Waals surface area contributed by atoms with Crippen LogP contribution in [0.2, 0.25) is 0 Å². The van der Waals surface area contributed by atoms with Gasteiger partial charge < -0.3 is 4.74 Å². The molecule has 0 aliphatic carbocycles. The van der Waals surface area contributed by atoms with Crippen LogP contribution in [0.4, 0.5) is 11.4 Å². The van der Waals surface area contributed by atoms with E-state index in [0.717, 1.165) is 88.1 Å². The van der Waals surface area contributed by atoms with Gasteiger partial charge in [-0.05, 0) is 44.2 Å². The predicted octanol–water partition coefficient (Wildman–Crippen LogP) is 6.26. The van der Waals surface area contributed by atoms with Crippen LogP contribution in [0.15, 0.2) is 24.3 Å². The number of carbonyl (C=O) groups excluding carboxylic acids is 1. The molecule has 0 atom stereocenters. The molecule has 192 valence electrons. The van der Waals surface area contributed by atoms with Crippen LogP contribution in [-0.2, 0) is 22.4 Å². The van der Waals surface area contributed by atoms with Crippen LogP contribution in [0.3, 0.4) is 0 Å². The summed E-state index contributed by atoms with van der Waals surface area (Å²) < 4.78 is 6.24. The van der Waals surface area contributed by atoms with E-state index in [0.29, 0.717) is 12.8 Å². The molecule has 0 unspecified atom stereocenters. The van der Waals surface area contributed by atoms with Crippen molar-refractivity contribution in [1.82, 2.24) is 9.78 Å². The first kappa shape index (κ1) is 27.9. The van der Waals surface area contributed by atoms with Crippen LogP contribution >= 0.6 is 0 Å². The van der Waals surface area contributed by atoms with E-state index in [1.165, 1.54) is 19.2 Å². The van der Waals surface area contributed by atoms with Crippen molar-refractivity contribution in [3.8, 4) is 5.69 Å². The highest BCUT2D eigenvalue weighted by Gasteiger charge is 2.23. The molecule has 1 heterocycles. The highest BCUT2D eigenvalue weighted by Crippen LogP contribution is 2.29. The van der Waals surface area contributed by atoms with E-state index in [1.54, 1.807) is 4.68 Å². The Labute approximate surface area is 206 Å². The Morgan fingerprint density at radius 3 is 2.23 bits per heavy atom. The van der Waals surface area contributed by atoms with Crippen molar-refractivity contribution in [3.63, 3.8) is 0 Å². The zero-order valence-corrected chi connectivity index (χ0v) is 20.7. The van der Waals surface area contributed by atoms with Crippen LogP contribution in [0.25, 0.3) is 5.69 Å². The van der Waals surface area contributed by atoms with Gasteiger partial charge in [-0.25, -0.2) is 4.68 Å². The molecular weight excluding hydrogens is 452 g/mol. The Morgan fingerprint density at radius 2 is 1.57 bits per heavy atom. The number of hydrogen-bond donors (Lipinski definition) is 0. The van der Waals surface area contributed by atoms with Gasteiger partial charge in [0.15, 0.2) is 0 Å². The fourth-order valence-electron chi connectivity index (χ4n) is 4.05. The number of nitro groups is 2. The first-order chi connectivity index (χ1) is 16.9. The molecule has 1 aromatic carbocycles. The van der Waals surface area contributed by atoms with Crippen molar-refractivity contribution in [2.45, 2.75) is 90.4 Å². The van der Waals surface area contributed by atoms with Gasteiger partial charge in [0.1, 0.15) is 5.69 Å². The number of hydrogen-bond acceptors (Lipinski definition) is 7. The number of esters is 1. The summed E-state index contributed by atoms with van der Waals surface area (Å²) in [7, 11) is 1.40. The maximum Gasteiger partial charge on any atom is 0.305 e. The molecule has 0 aliphatic heterocycles. The molecule has 0 fully saturated rings. The number of rotatable bonds is 17. The summed E-state index contributed by atoms with van der Waals surface area (Å²) in [6, 6.07) is 5.70. The number of aryl methyl sites for hydroxylation is 2. The quantitative estimate of drug-likeness (QED) is 0.111. The van der Waals surface area contributed by atoms with Crippen molar-refractivity contribution in [3.05, 3.63) is 55.9 Å². The highest BCUT2D eigenvalue weighted by atomic mass is 16.6. The summed E-state index contributed by atoms with van der Waals surface area (Å²) in [5.41, 5.74) is 1.36. The Hall–Kier alpha value is -3.30. The van der Waals surface area contributed by atoms with Gasteiger partial charge in [0.2, 0.25) is 0 Å². The second-order valence-electron chi connectivity index (χ2n) is 8.73.